The van der Waals surface area contributed by atoms with E-state index in [4.69, 9.17) is 4.42 Å². The Labute approximate surface area is 107 Å². The summed E-state index contributed by atoms with van der Waals surface area (Å²) in [5, 5.41) is 9.29. The van der Waals surface area contributed by atoms with Crippen molar-refractivity contribution in [2.24, 2.45) is 5.41 Å². The fourth-order valence-electron chi connectivity index (χ4n) is 2.59. The van der Waals surface area contributed by atoms with Crippen LogP contribution in [0.5, 0.6) is 0 Å². The van der Waals surface area contributed by atoms with Crippen LogP contribution in [0.4, 0.5) is 0 Å². The van der Waals surface area contributed by atoms with Crippen molar-refractivity contribution in [1.29, 1.82) is 5.26 Å². The first-order valence-corrected chi connectivity index (χ1v) is 6.29. The minimum atomic E-state index is -0.795. The van der Waals surface area contributed by atoms with Crippen molar-refractivity contribution in [1.82, 2.24) is 4.90 Å². The molecule has 1 aliphatic carbocycles. The van der Waals surface area contributed by atoms with E-state index in [1.54, 1.807) is 11.9 Å². The molecule has 1 fully saturated rings. The van der Waals surface area contributed by atoms with Gasteiger partial charge in [-0.05, 0) is 31.9 Å². The van der Waals surface area contributed by atoms with Crippen LogP contribution in [0.1, 0.15) is 37.2 Å². The van der Waals surface area contributed by atoms with Crippen LogP contribution in [0.15, 0.2) is 16.5 Å². The van der Waals surface area contributed by atoms with Crippen molar-refractivity contribution in [3.8, 4) is 6.07 Å². The van der Waals surface area contributed by atoms with E-state index >= 15 is 0 Å². The van der Waals surface area contributed by atoms with Crippen LogP contribution in [-0.4, -0.2) is 17.9 Å². The van der Waals surface area contributed by atoms with Crippen LogP contribution in [-0.2, 0) is 11.3 Å². The molecule has 18 heavy (non-hydrogen) atoms. The Bertz CT molecular complexity index is 478. The van der Waals surface area contributed by atoms with Gasteiger partial charge in [-0.1, -0.05) is 12.8 Å². The summed E-state index contributed by atoms with van der Waals surface area (Å²) in [7, 11) is 1.73. The minimum Gasteiger partial charge on any atom is -0.464 e. The van der Waals surface area contributed by atoms with Crippen molar-refractivity contribution >= 4 is 5.91 Å². The molecule has 0 bridgehead atoms. The lowest BCUT2D eigenvalue weighted by atomic mass is 9.86. The quantitative estimate of drug-likeness (QED) is 0.823. The summed E-state index contributed by atoms with van der Waals surface area (Å²) < 4.78 is 5.46. The van der Waals surface area contributed by atoms with Crippen LogP contribution >= 0.6 is 0 Å². The number of nitrogens with zero attached hydrogens (tertiary/aromatic N) is 2. The second-order valence-corrected chi connectivity index (χ2v) is 5.07. The van der Waals surface area contributed by atoms with Gasteiger partial charge in [-0.2, -0.15) is 5.26 Å². The van der Waals surface area contributed by atoms with Gasteiger partial charge in [0.2, 0.25) is 5.91 Å². The van der Waals surface area contributed by atoms with Crippen molar-refractivity contribution in [2.75, 3.05) is 7.05 Å². The van der Waals surface area contributed by atoms with Gasteiger partial charge in [0.05, 0.1) is 12.6 Å². The number of nitriles is 1. The summed E-state index contributed by atoms with van der Waals surface area (Å²) in [6.45, 7) is 2.30. The summed E-state index contributed by atoms with van der Waals surface area (Å²) in [5.41, 5.74) is -0.795. The number of amides is 1. The molecule has 0 spiro atoms. The molecular weight excluding hydrogens is 228 g/mol. The van der Waals surface area contributed by atoms with Gasteiger partial charge in [0, 0.05) is 7.05 Å². The number of hydrogen-bond acceptors (Lipinski definition) is 3. The fraction of sp³-hybridized carbons (Fsp3) is 0.571. The Morgan fingerprint density at radius 3 is 2.67 bits per heavy atom. The van der Waals surface area contributed by atoms with Crippen LogP contribution in [0.3, 0.4) is 0 Å². The Morgan fingerprint density at radius 2 is 2.17 bits per heavy atom. The number of aryl methyl sites for hydroxylation is 1. The first-order chi connectivity index (χ1) is 8.57. The smallest absolute Gasteiger partial charge is 0.243 e. The maximum atomic E-state index is 12.4. The van der Waals surface area contributed by atoms with Crippen LogP contribution in [0, 0.1) is 23.7 Å². The predicted molar refractivity (Wildman–Crippen MR) is 66.4 cm³/mol. The zero-order valence-electron chi connectivity index (χ0n) is 10.9. The third-order valence-corrected chi connectivity index (χ3v) is 3.62. The number of carbonyl (C=O) groups excluding carboxylic acids is 1. The van der Waals surface area contributed by atoms with Crippen molar-refractivity contribution in [3.63, 3.8) is 0 Å². The summed E-state index contributed by atoms with van der Waals surface area (Å²) in [6.07, 6.45) is 3.30. The first-order valence-electron chi connectivity index (χ1n) is 6.29. The molecule has 1 aromatic heterocycles. The molecular formula is C14H18N2O2. The highest BCUT2D eigenvalue weighted by Crippen LogP contribution is 2.39. The standard InChI is InChI=1S/C14H18N2O2/c1-11-5-6-12(18-11)9-16(2)13(17)14(10-15)7-3-4-8-14/h5-6H,3-4,7-9H2,1-2H3. The van der Waals surface area contributed by atoms with Gasteiger partial charge < -0.3 is 9.32 Å². The zero-order valence-corrected chi connectivity index (χ0v) is 10.9. The van der Waals surface area contributed by atoms with E-state index in [9.17, 15) is 10.1 Å². The van der Waals surface area contributed by atoms with Gasteiger partial charge in [-0.3, -0.25) is 4.79 Å². The van der Waals surface area contributed by atoms with E-state index in [1.807, 2.05) is 19.1 Å². The summed E-state index contributed by atoms with van der Waals surface area (Å²) in [5.74, 6) is 1.52. The molecule has 1 aromatic rings. The number of hydrogen-bond donors (Lipinski definition) is 0. The predicted octanol–water partition coefficient (Wildman–Crippen LogP) is 2.63. The normalized spacial score (nSPS) is 17.4. The van der Waals surface area contributed by atoms with E-state index in [2.05, 4.69) is 6.07 Å². The SMILES string of the molecule is Cc1ccc(CN(C)C(=O)C2(C#N)CCCC2)o1. The topological polar surface area (TPSA) is 57.2 Å². The lowest BCUT2D eigenvalue weighted by Crippen LogP contribution is -2.39. The van der Waals surface area contributed by atoms with Gasteiger partial charge in [0.25, 0.3) is 0 Å². The average Bonchev–Trinajstić information content (AvgIpc) is 2.98. The van der Waals surface area contributed by atoms with Crippen LogP contribution in [0.25, 0.3) is 0 Å². The number of rotatable bonds is 3. The van der Waals surface area contributed by atoms with Crippen LogP contribution in [0.2, 0.25) is 0 Å². The average molecular weight is 246 g/mol. The Morgan fingerprint density at radius 1 is 1.50 bits per heavy atom. The second-order valence-electron chi connectivity index (χ2n) is 5.07. The number of furan rings is 1. The highest BCUT2D eigenvalue weighted by molar-refractivity contribution is 5.85. The Kier molecular flexibility index (Phi) is 3.42. The molecule has 1 saturated carbocycles. The molecule has 0 saturated heterocycles. The third-order valence-electron chi connectivity index (χ3n) is 3.62. The maximum absolute atomic E-state index is 12.4. The van der Waals surface area contributed by atoms with Gasteiger partial charge >= 0.3 is 0 Å². The number of carbonyl (C=O) groups is 1. The lowest BCUT2D eigenvalue weighted by Gasteiger charge is -2.25. The van der Waals surface area contributed by atoms with E-state index in [0.29, 0.717) is 19.4 Å². The summed E-state index contributed by atoms with van der Waals surface area (Å²) >= 11 is 0. The molecule has 1 aliphatic rings. The molecule has 0 atom stereocenters. The molecule has 96 valence electrons. The van der Waals surface area contributed by atoms with Crippen molar-refractivity contribution in [3.05, 3.63) is 23.7 Å². The van der Waals surface area contributed by atoms with Gasteiger partial charge in [0.1, 0.15) is 16.9 Å². The van der Waals surface area contributed by atoms with Crippen LogP contribution < -0.4 is 0 Å². The zero-order chi connectivity index (χ0) is 13.2. The van der Waals surface area contributed by atoms with Gasteiger partial charge in [-0.15, -0.1) is 0 Å². The third kappa shape index (κ3) is 2.26. The molecule has 0 N–H and O–H groups in total. The minimum absolute atomic E-state index is 0.0726. The molecule has 1 heterocycles. The maximum Gasteiger partial charge on any atom is 0.243 e. The molecule has 1 amide bonds. The van der Waals surface area contributed by atoms with Gasteiger partial charge in [-0.25, -0.2) is 0 Å². The molecule has 0 unspecified atom stereocenters. The summed E-state index contributed by atoms with van der Waals surface area (Å²) in [4.78, 5) is 14.0. The molecule has 2 rings (SSSR count). The highest BCUT2D eigenvalue weighted by Gasteiger charge is 2.43. The van der Waals surface area contributed by atoms with E-state index in [-0.39, 0.29) is 5.91 Å². The Balaban J connectivity index is 2.07. The van der Waals surface area contributed by atoms with Gasteiger partial charge in [0.15, 0.2) is 0 Å². The lowest BCUT2D eigenvalue weighted by molar-refractivity contribution is -0.138. The van der Waals surface area contributed by atoms with E-state index < -0.39 is 5.41 Å². The monoisotopic (exact) mass is 246 g/mol. The largest absolute Gasteiger partial charge is 0.464 e. The molecule has 4 nitrogen and oxygen atoms in total. The van der Waals surface area contributed by atoms with Crippen molar-refractivity contribution < 1.29 is 9.21 Å². The second kappa shape index (κ2) is 4.85. The molecule has 0 radical (unpaired) electrons. The molecule has 0 aliphatic heterocycles. The van der Waals surface area contributed by atoms with E-state index in [1.165, 1.54) is 0 Å². The van der Waals surface area contributed by atoms with E-state index in [0.717, 1.165) is 24.4 Å². The highest BCUT2D eigenvalue weighted by atomic mass is 16.3. The first kappa shape index (κ1) is 12.7. The Hall–Kier alpha value is -1.76. The fourth-order valence-corrected chi connectivity index (χ4v) is 2.59. The molecule has 0 aromatic carbocycles. The van der Waals surface area contributed by atoms with Crippen molar-refractivity contribution in [2.45, 2.75) is 39.2 Å². The molecule has 4 heteroatoms. The summed E-state index contributed by atoms with van der Waals surface area (Å²) in [6, 6.07) is 5.97.